The van der Waals surface area contributed by atoms with Crippen LogP contribution in [0.5, 0.6) is 5.75 Å². The summed E-state index contributed by atoms with van der Waals surface area (Å²) in [6, 6.07) is 6.62. The summed E-state index contributed by atoms with van der Waals surface area (Å²) in [5, 5.41) is 25.9. The molecule has 1 aliphatic heterocycles. The summed E-state index contributed by atoms with van der Waals surface area (Å²) in [4.78, 5) is 24.3. The fourth-order valence-corrected chi connectivity index (χ4v) is 3.00. The molecule has 0 spiro atoms. The van der Waals surface area contributed by atoms with Gasteiger partial charge in [-0.2, -0.15) is 5.10 Å². The second-order valence-electron chi connectivity index (χ2n) is 4.63. The van der Waals surface area contributed by atoms with E-state index in [9.17, 15) is 14.7 Å². The van der Waals surface area contributed by atoms with Gasteiger partial charge >= 0.3 is 5.97 Å². The van der Waals surface area contributed by atoms with Crippen molar-refractivity contribution in [2.24, 2.45) is 10.2 Å². The fraction of sp³-hybridized carbons (Fsp3) is 0.200. The van der Waals surface area contributed by atoms with Gasteiger partial charge in [-0.25, -0.2) is 0 Å². The number of carboxylic acid groups (broad SMARTS) is 1. The average Bonchev–Trinajstić information content (AvgIpc) is 2.78. The fourth-order valence-electron chi connectivity index (χ4n) is 1.91. The largest absolute Gasteiger partial charge is 0.507 e. The standard InChI is InChI=1S/C15H15N3O4S/c1-2-7-18-14(22)12(8-13(20)21)23-15(18)17-16-9-10-5-3-4-6-11(10)19/h2-6,9,12,19H,1,7-8H2,(H,20,21)/b16-9+,17-15-. The summed E-state index contributed by atoms with van der Waals surface area (Å²) in [5.41, 5.74) is 0.489. The molecule has 0 aliphatic carbocycles. The Morgan fingerprint density at radius 2 is 2.17 bits per heavy atom. The second-order valence-corrected chi connectivity index (χ2v) is 5.80. The number of phenolic OH excluding ortho intramolecular Hbond substituents is 1. The lowest BCUT2D eigenvalue weighted by atomic mass is 10.2. The molecule has 2 rings (SSSR count). The highest BCUT2D eigenvalue weighted by atomic mass is 32.2. The summed E-state index contributed by atoms with van der Waals surface area (Å²) in [5.74, 6) is -1.31. The zero-order valence-electron chi connectivity index (χ0n) is 12.1. The maximum Gasteiger partial charge on any atom is 0.305 e. The molecule has 23 heavy (non-hydrogen) atoms. The quantitative estimate of drug-likeness (QED) is 0.468. The highest BCUT2D eigenvalue weighted by Gasteiger charge is 2.38. The van der Waals surface area contributed by atoms with Crippen LogP contribution < -0.4 is 0 Å². The number of aromatic hydroxyl groups is 1. The zero-order chi connectivity index (χ0) is 16.8. The first-order chi connectivity index (χ1) is 11.0. The van der Waals surface area contributed by atoms with Gasteiger partial charge in [-0.05, 0) is 12.1 Å². The minimum absolute atomic E-state index is 0.0679. The summed E-state index contributed by atoms with van der Waals surface area (Å²) >= 11 is 1.06. The van der Waals surface area contributed by atoms with Crippen LogP contribution in [-0.2, 0) is 9.59 Å². The number of rotatable bonds is 6. The number of para-hydroxylation sites is 1. The molecule has 1 aromatic carbocycles. The third-order valence-corrected chi connectivity index (χ3v) is 4.13. The maximum absolute atomic E-state index is 12.1. The Morgan fingerprint density at radius 3 is 2.83 bits per heavy atom. The number of benzene rings is 1. The van der Waals surface area contributed by atoms with Crippen LogP contribution in [0.1, 0.15) is 12.0 Å². The van der Waals surface area contributed by atoms with Gasteiger partial charge < -0.3 is 10.2 Å². The number of nitrogens with zero attached hydrogens (tertiary/aromatic N) is 3. The van der Waals surface area contributed by atoms with Crippen molar-refractivity contribution in [2.75, 3.05) is 6.54 Å². The monoisotopic (exact) mass is 333 g/mol. The van der Waals surface area contributed by atoms with Crippen molar-refractivity contribution in [1.29, 1.82) is 0 Å². The van der Waals surface area contributed by atoms with Crippen LogP contribution in [0.2, 0.25) is 0 Å². The molecule has 2 N–H and O–H groups in total. The molecule has 1 unspecified atom stereocenters. The van der Waals surface area contributed by atoms with Crippen molar-refractivity contribution < 1.29 is 19.8 Å². The minimum atomic E-state index is -1.05. The SMILES string of the molecule is C=CCN1C(=O)C(CC(=O)O)S/C1=N\N=C\c1ccccc1O. The number of hydrogen-bond donors (Lipinski definition) is 2. The van der Waals surface area contributed by atoms with E-state index in [4.69, 9.17) is 5.11 Å². The smallest absolute Gasteiger partial charge is 0.305 e. The Morgan fingerprint density at radius 1 is 1.43 bits per heavy atom. The van der Waals surface area contributed by atoms with Crippen molar-refractivity contribution >= 4 is 35.0 Å². The van der Waals surface area contributed by atoms with Gasteiger partial charge in [-0.1, -0.05) is 30.0 Å². The summed E-state index contributed by atoms with van der Waals surface area (Å²) in [6.07, 6.45) is 2.62. The van der Waals surface area contributed by atoms with Gasteiger partial charge in [-0.15, -0.1) is 11.7 Å². The van der Waals surface area contributed by atoms with Gasteiger partial charge in [0.15, 0.2) is 5.17 Å². The van der Waals surface area contributed by atoms with Gasteiger partial charge in [0.2, 0.25) is 5.91 Å². The molecule has 1 aromatic rings. The summed E-state index contributed by atoms with van der Waals surface area (Å²) in [6.45, 7) is 3.80. The zero-order valence-corrected chi connectivity index (χ0v) is 12.9. The summed E-state index contributed by atoms with van der Waals surface area (Å²) in [7, 11) is 0. The number of amidine groups is 1. The lowest BCUT2D eigenvalue weighted by Crippen LogP contribution is -2.32. The molecule has 1 aliphatic rings. The number of thioether (sulfide) groups is 1. The van der Waals surface area contributed by atoms with Gasteiger partial charge in [0.1, 0.15) is 11.0 Å². The van der Waals surface area contributed by atoms with E-state index in [1.54, 1.807) is 18.2 Å². The summed E-state index contributed by atoms with van der Waals surface area (Å²) < 4.78 is 0. The van der Waals surface area contributed by atoms with Crippen LogP contribution in [0.15, 0.2) is 47.1 Å². The van der Waals surface area contributed by atoms with Gasteiger partial charge in [-0.3, -0.25) is 14.5 Å². The third kappa shape index (κ3) is 4.19. The van der Waals surface area contributed by atoms with E-state index >= 15 is 0 Å². The van der Waals surface area contributed by atoms with Crippen LogP contribution in [0.25, 0.3) is 0 Å². The molecule has 120 valence electrons. The van der Waals surface area contributed by atoms with E-state index in [1.165, 1.54) is 23.3 Å². The van der Waals surface area contributed by atoms with Gasteiger partial charge in [0.05, 0.1) is 12.6 Å². The number of amides is 1. The van der Waals surface area contributed by atoms with E-state index in [-0.39, 0.29) is 24.6 Å². The highest BCUT2D eigenvalue weighted by molar-refractivity contribution is 8.15. The van der Waals surface area contributed by atoms with Crippen LogP contribution in [0.4, 0.5) is 0 Å². The van der Waals surface area contributed by atoms with Gasteiger partial charge in [0, 0.05) is 12.1 Å². The number of phenols is 1. The molecular formula is C15H15N3O4S. The third-order valence-electron chi connectivity index (χ3n) is 2.97. The van der Waals surface area contributed by atoms with E-state index in [0.29, 0.717) is 10.7 Å². The first kappa shape index (κ1) is 16.8. The van der Waals surface area contributed by atoms with Crippen LogP contribution in [-0.4, -0.2) is 50.2 Å². The Balaban J connectivity index is 2.18. The molecule has 1 atom stereocenters. The van der Waals surface area contributed by atoms with Gasteiger partial charge in [0.25, 0.3) is 0 Å². The van der Waals surface area contributed by atoms with Crippen molar-refractivity contribution in [2.45, 2.75) is 11.7 Å². The molecule has 1 amide bonds. The molecule has 0 bridgehead atoms. The van der Waals surface area contributed by atoms with Crippen LogP contribution in [0, 0.1) is 0 Å². The number of carboxylic acids is 1. The maximum atomic E-state index is 12.1. The van der Waals surface area contributed by atoms with E-state index in [2.05, 4.69) is 16.8 Å². The number of aliphatic carboxylic acids is 1. The van der Waals surface area contributed by atoms with Crippen molar-refractivity contribution in [3.63, 3.8) is 0 Å². The lowest BCUT2D eigenvalue weighted by molar-refractivity contribution is -0.139. The molecular weight excluding hydrogens is 318 g/mol. The predicted molar refractivity (Wildman–Crippen MR) is 88.7 cm³/mol. The topological polar surface area (TPSA) is 103 Å². The van der Waals surface area contributed by atoms with Crippen LogP contribution in [0.3, 0.4) is 0 Å². The number of carbonyl (C=O) groups excluding carboxylic acids is 1. The van der Waals surface area contributed by atoms with Crippen molar-refractivity contribution in [3.05, 3.63) is 42.5 Å². The molecule has 0 saturated carbocycles. The van der Waals surface area contributed by atoms with E-state index in [1.807, 2.05) is 0 Å². The average molecular weight is 333 g/mol. The Bertz CT molecular complexity index is 687. The Hall–Kier alpha value is -2.61. The molecule has 1 fully saturated rings. The first-order valence-corrected chi connectivity index (χ1v) is 7.60. The molecule has 0 aromatic heterocycles. The highest BCUT2D eigenvalue weighted by Crippen LogP contribution is 2.29. The van der Waals surface area contributed by atoms with Crippen molar-refractivity contribution in [3.8, 4) is 5.75 Å². The molecule has 0 radical (unpaired) electrons. The molecule has 1 saturated heterocycles. The second kappa shape index (κ2) is 7.59. The lowest BCUT2D eigenvalue weighted by Gasteiger charge is -2.12. The van der Waals surface area contributed by atoms with E-state index in [0.717, 1.165) is 11.8 Å². The molecule has 8 heteroatoms. The predicted octanol–water partition coefficient (Wildman–Crippen LogP) is 1.69. The van der Waals surface area contributed by atoms with E-state index < -0.39 is 11.2 Å². The molecule has 1 heterocycles. The minimum Gasteiger partial charge on any atom is -0.507 e. The number of hydrogen-bond acceptors (Lipinski definition) is 6. The Kier molecular flexibility index (Phi) is 5.53. The first-order valence-electron chi connectivity index (χ1n) is 6.72. The molecule has 7 nitrogen and oxygen atoms in total. The normalized spacial score (nSPS) is 19.7. The Labute approximate surface area is 137 Å². The van der Waals surface area contributed by atoms with Crippen molar-refractivity contribution in [1.82, 2.24) is 4.90 Å². The van der Waals surface area contributed by atoms with Crippen LogP contribution >= 0.6 is 11.8 Å². The number of carbonyl (C=O) groups is 2.